The van der Waals surface area contributed by atoms with E-state index in [0.29, 0.717) is 18.8 Å². The summed E-state index contributed by atoms with van der Waals surface area (Å²) >= 11 is 6.32. The topological polar surface area (TPSA) is 105 Å². The van der Waals surface area contributed by atoms with Gasteiger partial charge in [0.25, 0.3) is 0 Å². The van der Waals surface area contributed by atoms with Crippen molar-refractivity contribution in [3.05, 3.63) is 60.0 Å². The molecule has 142 valence electrons. The number of imidazole rings is 1. The van der Waals surface area contributed by atoms with Crippen molar-refractivity contribution in [2.75, 3.05) is 18.0 Å². The average molecular weight is 415 g/mol. The molecule has 1 aliphatic rings. The molecule has 0 unspecified atom stereocenters. The van der Waals surface area contributed by atoms with Gasteiger partial charge in [-0.1, -0.05) is 11.6 Å². The lowest BCUT2D eigenvalue weighted by Gasteiger charge is -2.18. The van der Waals surface area contributed by atoms with Crippen molar-refractivity contribution in [3.63, 3.8) is 0 Å². The van der Waals surface area contributed by atoms with Gasteiger partial charge in [0.1, 0.15) is 11.9 Å². The van der Waals surface area contributed by atoms with Gasteiger partial charge in [-0.25, -0.2) is 23.4 Å². The van der Waals surface area contributed by atoms with Crippen molar-refractivity contribution in [2.45, 2.75) is 16.6 Å². The van der Waals surface area contributed by atoms with E-state index in [1.54, 1.807) is 41.5 Å². The second-order valence-corrected chi connectivity index (χ2v) is 8.94. The van der Waals surface area contributed by atoms with Crippen LogP contribution in [0.25, 0.3) is 5.69 Å². The Morgan fingerprint density at radius 3 is 2.82 bits per heavy atom. The Labute approximate surface area is 167 Å². The maximum atomic E-state index is 13.1. The number of halogens is 1. The second kappa shape index (κ2) is 7.22. The quantitative estimate of drug-likeness (QED) is 0.644. The van der Waals surface area contributed by atoms with E-state index in [1.807, 2.05) is 11.0 Å². The Kier molecular flexibility index (Phi) is 4.75. The van der Waals surface area contributed by atoms with Gasteiger partial charge >= 0.3 is 0 Å². The molecule has 4 rings (SSSR count). The van der Waals surface area contributed by atoms with Gasteiger partial charge in [0.2, 0.25) is 5.82 Å². The van der Waals surface area contributed by atoms with E-state index >= 15 is 0 Å². The highest BCUT2D eigenvalue weighted by atomic mass is 35.5. The van der Waals surface area contributed by atoms with Crippen LogP contribution in [-0.2, 0) is 9.84 Å². The van der Waals surface area contributed by atoms with Gasteiger partial charge in [-0.05, 0) is 30.7 Å². The first kappa shape index (κ1) is 18.4. The summed E-state index contributed by atoms with van der Waals surface area (Å²) in [5.41, 5.74) is 0.736. The zero-order chi connectivity index (χ0) is 19.7. The van der Waals surface area contributed by atoms with Crippen LogP contribution < -0.4 is 4.90 Å². The molecule has 2 aromatic heterocycles. The van der Waals surface area contributed by atoms with Gasteiger partial charge in [-0.2, -0.15) is 5.26 Å². The largest absolute Gasteiger partial charge is 0.355 e. The van der Waals surface area contributed by atoms with E-state index in [0.717, 1.165) is 5.69 Å². The van der Waals surface area contributed by atoms with Gasteiger partial charge in [-0.3, -0.25) is 0 Å². The number of aromatic nitrogens is 4. The lowest BCUT2D eigenvalue weighted by atomic mass is 10.3. The highest BCUT2D eigenvalue weighted by Gasteiger charge is 2.36. The molecule has 0 N–H and O–H groups in total. The minimum Gasteiger partial charge on any atom is -0.355 e. The molecule has 8 nitrogen and oxygen atoms in total. The summed E-state index contributed by atoms with van der Waals surface area (Å²) in [4.78, 5) is 13.9. The number of benzene rings is 1. The van der Waals surface area contributed by atoms with E-state index in [4.69, 9.17) is 16.9 Å². The number of rotatable bonds is 4. The van der Waals surface area contributed by atoms with Crippen LogP contribution in [0.1, 0.15) is 12.2 Å². The number of hydrogen-bond donors (Lipinski definition) is 0. The highest BCUT2D eigenvalue weighted by Crippen LogP contribution is 2.31. The fourth-order valence-corrected chi connectivity index (χ4v) is 5.48. The zero-order valence-electron chi connectivity index (χ0n) is 14.6. The molecule has 1 saturated heterocycles. The van der Waals surface area contributed by atoms with Crippen LogP contribution in [-0.4, -0.2) is 46.3 Å². The molecule has 0 bridgehead atoms. The molecule has 0 radical (unpaired) electrons. The van der Waals surface area contributed by atoms with Crippen molar-refractivity contribution in [1.29, 1.82) is 5.26 Å². The number of hydrogen-bond acceptors (Lipinski definition) is 7. The Balaban J connectivity index is 1.58. The van der Waals surface area contributed by atoms with Crippen LogP contribution in [0.4, 0.5) is 5.82 Å². The average Bonchev–Trinajstić information content (AvgIpc) is 3.40. The van der Waals surface area contributed by atoms with E-state index in [-0.39, 0.29) is 22.3 Å². The molecular weight excluding hydrogens is 400 g/mol. The monoisotopic (exact) mass is 414 g/mol. The number of anilines is 1. The summed E-state index contributed by atoms with van der Waals surface area (Å²) < 4.78 is 28.0. The van der Waals surface area contributed by atoms with Crippen LogP contribution in [0.15, 0.2) is 54.1 Å². The highest BCUT2D eigenvalue weighted by molar-refractivity contribution is 7.92. The molecule has 3 heterocycles. The Morgan fingerprint density at radius 1 is 1.25 bits per heavy atom. The predicted octanol–water partition coefficient (Wildman–Crippen LogP) is 2.24. The number of nitriles is 1. The van der Waals surface area contributed by atoms with E-state index in [1.165, 1.54) is 12.3 Å². The Hall–Kier alpha value is -2.96. The normalized spacial score (nSPS) is 16.9. The maximum Gasteiger partial charge on any atom is 0.234 e. The standard InChI is InChI=1S/C18H15ClN6O2S/c19-15-9-13(25-8-6-21-12-25)1-2-16(15)28(26,27)14-4-7-24(11-14)18-3-5-22-17(10-20)23-18/h1-3,5-6,8-9,12,14H,4,7,11H2/t14-/m0/s1. The van der Waals surface area contributed by atoms with Crippen molar-refractivity contribution in [3.8, 4) is 11.8 Å². The minimum atomic E-state index is -3.62. The third-order valence-corrected chi connectivity index (χ3v) is 7.33. The molecule has 1 aliphatic heterocycles. The maximum absolute atomic E-state index is 13.1. The molecule has 0 amide bonds. The summed E-state index contributed by atoms with van der Waals surface area (Å²) in [6, 6.07) is 8.42. The van der Waals surface area contributed by atoms with Crippen molar-refractivity contribution >= 4 is 27.3 Å². The molecule has 28 heavy (non-hydrogen) atoms. The minimum absolute atomic E-state index is 0.0574. The van der Waals surface area contributed by atoms with E-state index in [2.05, 4.69) is 15.0 Å². The molecular formula is C18H15ClN6O2S. The second-order valence-electron chi connectivity index (χ2n) is 6.34. The fraction of sp³-hybridized carbons (Fsp3) is 0.222. The third kappa shape index (κ3) is 3.32. The lowest BCUT2D eigenvalue weighted by Crippen LogP contribution is -2.27. The Bertz CT molecular complexity index is 1160. The lowest BCUT2D eigenvalue weighted by molar-refractivity contribution is 0.583. The molecule has 3 aromatic rings. The summed E-state index contributed by atoms with van der Waals surface area (Å²) in [5, 5.41) is 8.52. The summed E-state index contributed by atoms with van der Waals surface area (Å²) in [7, 11) is -3.62. The zero-order valence-corrected chi connectivity index (χ0v) is 16.2. The number of sulfone groups is 1. The first-order valence-corrected chi connectivity index (χ1v) is 10.4. The fourth-order valence-electron chi connectivity index (χ4n) is 3.24. The van der Waals surface area contributed by atoms with Crippen LogP contribution >= 0.6 is 11.6 Å². The van der Waals surface area contributed by atoms with Crippen LogP contribution in [0, 0.1) is 11.3 Å². The molecule has 0 saturated carbocycles. The molecule has 1 fully saturated rings. The van der Waals surface area contributed by atoms with Gasteiger partial charge in [-0.15, -0.1) is 0 Å². The molecule has 10 heteroatoms. The summed E-state index contributed by atoms with van der Waals surface area (Å²) in [6.07, 6.45) is 6.95. The first-order valence-electron chi connectivity index (χ1n) is 8.49. The van der Waals surface area contributed by atoms with Gasteiger partial charge < -0.3 is 9.47 Å². The van der Waals surface area contributed by atoms with Crippen LogP contribution in [0.3, 0.4) is 0 Å². The van der Waals surface area contributed by atoms with Crippen molar-refractivity contribution in [2.24, 2.45) is 0 Å². The molecule has 1 atom stereocenters. The van der Waals surface area contributed by atoms with Crippen molar-refractivity contribution < 1.29 is 8.42 Å². The van der Waals surface area contributed by atoms with Gasteiger partial charge in [0, 0.05) is 37.4 Å². The SMILES string of the molecule is N#Cc1nccc(N2CC[C@H](S(=O)(=O)c3ccc(-n4ccnc4)cc3Cl)C2)n1. The predicted molar refractivity (Wildman–Crippen MR) is 103 cm³/mol. The van der Waals surface area contributed by atoms with Crippen LogP contribution in [0.5, 0.6) is 0 Å². The summed E-state index contributed by atoms with van der Waals surface area (Å²) in [6.45, 7) is 0.806. The van der Waals surface area contributed by atoms with E-state index < -0.39 is 15.1 Å². The van der Waals surface area contributed by atoms with E-state index in [9.17, 15) is 8.42 Å². The first-order chi connectivity index (χ1) is 13.5. The molecule has 0 spiro atoms. The number of nitrogens with zero attached hydrogens (tertiary/aromatic N) is 6. The smallest absolute Gasteiger partial charge is 0.234 e. The third-order valence-electron chi connectivity index (χ3n) is 4.67. The van der Waals surface area contributed by atoms with Gasteiger partial charge in [0.05, 0.1) is 21.5 Å². The molecule has 1 aromatic carbocycles. The van der Waals surface area contributed by atoms with Gasteiger partial charge in [0.15, 0.2) is 9.84 Å². The van der Waals surface area contributed by atoms with Crippen LogP contribution in [0.2, 0.25) is 5.02 Å². The van der Waals surface area contributed by atoms with Crippen molar-refractivity contribution in [1.82, 2.24) is 19.5 Å². The summed E-state index contributed by atoms with van der Waals surface area (Å²) in [5.74, 6) is 0.604. The Morgan fingerprint density at radius 2 is 2.11 bits per heavy atom. The molecule has 0 aliphatic carbocycles.